The van der Waals surface area contributed by atoms with Crippen LogP contribution in [0.5, 0.6) is 5.75 Å². The van der Waals surface area contributed by atoms with Crippen molar-refractivity contribution in [3.05, 3.63) is 91.0 Å². The molecule has 0 radical (unpaired) electrons. The summed E-state index contributed by atoms with van der Waals surface area (Å²) < 4.78 is 30.3. The lowest BCUT2D eigenvalue weighted by Gasteiger charge is -2.22. The Morgan fingerprint density at radius 2 is 1.80 bits per heavy atom. The number of rotatable bonds is 11. The van der Waals surface area contributed by atoms with Gasteiger partial charge in [-0.3, -0.25) is 0 Å². The molecular weight excluding hydrogens is 385 g/mol. The molecule has 6 heteroatoms. The number of nitrogens with zero attached hydrogens (tertiary/aromatic N) is 1. The average molecular weight is 411 g/mol. The number of hydrogen-bond acceptors (Lipinski definition) is 5. The summed E-state index contributed by atoms with van der Waals surface area (Å²) in [7, 11) is 2.76. The fourth-order valence-electron chi connectivity index (χ4n) is 2.94. The summed E-state index contributed by atoms with van der Waals surface area (Å²) in [4.78, 5) is 13.9. The van der Waals surface area contributed by atoms with Crippen molar-refractivity contribution in [1.82, 2.24) is 0 Å². The zero-order valence-electron chi connectivity index (χ0n) is 17.3. The number of halogens is 1. The SMILES string of the molecule is C=CCN(CC=C)c1ccc(OCc2ccccc2C(=COC)C(=O)OC)cc1F. The molecule has 2 aromatic carbocycles. The molecule has 0 unspecified atom stereocenters. The predicted octanol–water partition coefficient (Wildman–Crippen LogP) is 4.74. The maximum atomic E-state index is 14.7. The summed E-state index contributed by atoms with van der Waals surface area (Å²) in [6.45, 7) is 8.54. The summed E-state index contributed by atoms with van der Waals surface area (Å²) in [6.07, 6.45) is 4.74. The van der Waals surface area contributed by atoms with E-state index in [4.69, 9.17) is 14.2 Å². The molecule has 0 heterocycles. The second-order valence-electron chi connectivity index (χ2n) is 6.30. The maximum Gasteiger partial charge on any atom is 0.341 e. The molecule has 0 saturated carbocycles. The smallest absolute Gasteiger partial charge is 0.341 e. The van der Waals surface area contributed by atoms with Crippen LogP contribution in [0.3, 0.4) is 0 Å². The second kappa shape index (κ2) is 11.5. The van der Waals surface area contributed by atoms with Crippen molar-refractivity contribution in [2.75, 3.05) is 32.2 Å². The highest BCUT2D eigenvalue weighted by Crippen LogP contribution is 2.26. The first-order chi connectivity index (χ1) is 14.5. The molecule has 0 saturated heterocycles. The first-order valence-corrected chi connectivity index (χ1v) is 9.34. The van der Waals surface area contributed by atoms with E-state index in [0.717, 1.165) is 5.56 Å². The van der Waals surface area contributed by atoms with E-state index in [1.807, 2.05) is 17.0 Å². The topological polar surface area (TPSA) is 48.0 Å². The number of carbonyl (C=O) groups is 1. The second-order valence-corrected chi connectivity index (χ2v) is 6.30. The Labute approximate surface area is 176 Å². The molecule has 5 nitrogen and oxygen atoms in total. The van der Waals surface area contributed by atoms with E-state index in [-0.39, 0.29) is 12.2 Å². The first-order valence-electron chi connectivity index (χ1n) is 9.34. The summed E-state index contributed by atoms with van der Waals surface area (Å²) >= 11 is 0. The molecule has 2 rings (SSSR count). The lowest BCUT2D eigenvalue weighted by Crippen LogP contribution is -2.24. The zero-order chi connectivity index (χ0) is 21.9. The van der Waals surface area contributed by atoms with Crippen LogP contribution in [0.15, 0.2) is 74.0 Å². The van der Waals surface area contributed by atoms with Gasteiger partial charge in [0.05, 0.1) is 26.2 Å². The van der Waals surface area contributed by atoms with Crippen molar-refractivity contribution < 1.29 is 23.4 Å². The van der Waals surface area contributed by atoms with Gasteiger partial charge in [0.25, 0.3) is 0 Å². The molecule has 0 spiro atoms. The van der Waals surface area contributed by atoms with E-state index in [1.165, 1.54) is 26.5 Å². The van der Waals surface area contributed by atoms with Gasteiger partial charge in [-0.2, -0.15) is 0 Å². The molecule has 0 aromatic heterocycles. The third-order valence-electron chi connectivity index (χ3n) is 4.30. The average Bonchev–Trinajstić information content (AvgIpc) is 2.76. The molecule has 0 atom stereocenters. The van der Waals surface area contributed by atoms with Gasteiger partial charge in [-0.15, -0.1) is 13.2 Å². The van der Waals surface area contributed by atoms with E-state index >= 15 is 0 Å². The van der Waals surface area contributed by atoms with Gasteiger partial charge in [0, 0.05) is 19.2 Å². The standard InChI is InChI=1S/C24H26FNO4/c1-5-13-26(14-6-2)23-12-11-19(15-22(23)25)30-16-18-9-7-8-10-20(18)21(17-28-3)24(27)29-4/h5-12,15,17H,1-2,13-14,16H2,3-4H3. The zero-order valence-corrected chi connectivity index (χ0v) is 17.3. The molecule has 0 aliphatic heterocycles. The van der Waals surface area contributed by atoms with E-state index in [1.54, 1.807) is 36.4 Å². The highest BCUT2D eigenvalue weighted by Gasteiger charge is 2.17. The number of hydrogen-bond donors (Lipinski definition) is 0. The summed E-state index contributed by atoms with van der Waals surface area (Å²) in [5.41, 5.74) is 2.06. The minimum atomic E-state index is -0.524. The van der Waals surface area contributed by atoms with Gasteiger partial charge < -0.3 is 19.1 Å². The van der Waals surface area contributed by atoms with Crippen LogP contribution in [0.1, 0.15) is 11.1 Å². The molecule has 2 aromatic rings. The Hall–Kier alpha value is -3.54. The van der Waals surface area contributed by atoms with Gasteiger partial charge in [-0.05, 0) is 23.3 Å². The van der Waals surface area contributed by atoms with Crippen LogP contribution in [-0.2, 0) is 20.9 Å². The lowest BCUT2D eigenvalue weighted by atomic mass is 10.0. The lowest BCUT2D eigenvalue weighted by molar-refractivity contribution is -0.133. The Kier molecular flexibility index (Phi) is 8.69. The first kappa shape index (κ1) is 22.7. The van der Waals surface area contributed by atoms with Crippen LogP contribution in [-0.4, -0.2) is 33.3 Å². The van der Waals surface area contributed by atoms with Gasteiger partial charge in [0.1, 0.15) is 23.7 Å². The van der Waals surface area contributed by atoms with E-state index in [2.05, 4.69) is 13.2 Å². The van der Waals surface area contributed by atoms with Crippen molar-refractivity contribution in [2.45, 2.75) is 6.61 Å². The third-order valence-corrected chi connectivity index (χ3v) is 4.30. The van der Waals surface area contributed by atoms with Crippen molar-refractivity contribution in [1.29, 1.82) is 0 Å². The molecule has 30 heavy (non-hydrogen) atoms. The number of esters is 1. The number of carbonyl (C=O) groups excluding carboxylic acids is 1. The fraction of sp³-hybridized carbons (Fsp3) is 0.208. The largest absolute Gasteiger partial charge is 0.503 e. The van der Waals surface area contributed by atoms with E-state index in [9.17, 15) is 9.18 Å². The maximum absolute atomic E-state index is 14.7. The highest BCUT2D eigenvalue weighted by atomic mass is 19.1. The van der Waals surface area contributed by atoms with Gasteiger partial charge in [-0.1, -0.05) is 36.4 Å². The molecule has 158 valence electrons. The molecule has 0 fully saturated rings. The van der Waals surface area contributed by atoms with Crippen LogP contribution in [0, 0.1) is 5.82 Å². The van der Waals surface area contributed by atoms with Crippen LogP contribution in [0.2, 0.25) is 0 Å². The number of methoxy groups -OCH3 is 2. The Morgan fingerprint density at radius 1 is 1.10 bits per heavy atom. The number of ether oxygens (including phenoxy) is 3. The van der Waals surface area contributed by atoms with Crippen LogP contribution < -0.4 is 9.64 Å². The molecular formula is C24H26FNO4. The number of benzene rings is 2. The van der Waals surface area contributed by atoms with Crippen molar-refractivity contribution in [2.24, 2.45) is 0 Å². The van der Waals surface area contributed by atoms with Crippen LogP contribution in [0.25, 0.3) is 5.57 Å². The summed E-state index contributed by atoms with van der Waals surface area (Å²) in [5.74, 6) is -0.554. The van der Waals surface area contributed by atoms with Crippen molar-refractivity contribution in [3.63, 3.8) is 0 Å². The quantitative estimate of drug-likeness (QED) is 0.231. The van der Waals surface area contributed by atoms with E-state index < -0.39 is 11.8 Å². The highest BCUT2D eigenvalue weighted by molar-refractivity contribution is 6.16. The van der Waals surface area contributed by atoms with Crippen LogP contribution >= 0.6 is 0 Å². The van der Waals surface area contributed by atoms with Crippen molar-refractivity contribution in [3.8, 4) is 5.75 Å². The predicted molar refractivity (Wildman–Crippen MR) is 117 cm³/mol. The normalized spacial score (nSPS) is 10.8. The van der Waals surface area contributed by atoms with Gasteiger partial charge in [0.2, 0.25) is 0 Å². The summed E-state index contributed by atoms with van der Waals surface area (Å²) in [5, 5.41) is 0. The fourth-order valence-corrected chi connectivity index (χ4v) is 2.94. The van der Waals surface area contributed by atoms with Crippen molar-refractivity contribution >= 4 is 17.2 Å². The molecule has 0 N–H and O–H groups in total. The monoisotopic (exact) mass is 411 g/mol. The summed E-state index contributed by atoms with van der Waals surface area (Å²) in [6, 6.07) is 11.9. The minimum Gasteiger partial charge on any atom is -0.503 e. The van der Waals surface area contributed by atoms with Gasteiger partial charge >= 0.3 is 5.97 Å². The minimum absolute atomic E-state index is 0.135. The molecule has 0 aliphatic carbocycles. The van der Waals surface area contributed by atoms with Gasteiger partial charge in [0.15, 0.2) is 0 Å². The Bertz CT molecular complexity index is 913. The van der Waals surface area contributed by atoms with E-state index in [0.29, 0.717) is 30.1 Å². The van der Waals surface area contributed by atoms with Crippen LogP contribution in [0.4, 0.5) is 10.1 Å². The van der Waals surface area contributed by atoms with Gasteiger partial charge in [-0.25, -0.2) is 9.18 Å². The molecule has 0 amide bonds. The molecule has 0 bridgehead atoms. The number of anilines is 1. The Balaban J connectivity index is 2.23. The molecule has 0 aliphatic rings. The Morgan fingerprint density at radius 3 is 2.40 bits per heavy atom. The third kappa shape index (κ3) is 5.73.